The molecule has 1 aliphatic heterocycles. The van der Waals surface area contributed by atoms with Crippen molar-refractivity contribution in [2.24, 2.45) is 5.92 Å². The average molecular weight is 352 g/mol. The van der Waals surface area contributed by atoms with Gasteiger partial charge in [0.1, 0.15) is 6.04 Å². The number of rotatable bonds is 6. The first-order valence-corrected chi connectivity index (χ1v) is 8.56. The predicted molar refractivity (Wildman–Crippen MR) is 89.8 cm³/mol. The van der Waals surface area contributed by atoms with Crippen molar-refractivity contribution in [2.75, 3.05) is 29.9 Å². The number of carbonyl (C=O) groups excluding carboxylic acids is 1. The Kier molecular flexibility index (Phi) is 4.22. The van der Waals surface area contributed by atoms with Crippen LogP contribution in [-0.4, -0.2) is 25.5 Å². The fraction of sp³-hybridized carbons (Fsp3) is 0.562. The number of anilines is 2. The molecule has 1 aliphatic carbocycles. The van der Waals surface area contributed by atoms with E-state index in [1.807, 2.05) is 6.92 Å². The molecule has 0 bridgehead atoms. The number of nitrogens with zero attached hydrogens (tertiary/aromatic N) is 1. The monoisotopic (exact) mass is 351 g/mol. The van der Waals surface area contributed by atoms with Crippen molar-refractivity contribution in [1.82, 2.24) is 5.32 Å². The van der Waals surface area contributed by atoms with E-state index in [1.54, 1.807) is 0 Å². The summed E-state index contributed by atoms with van der Waals surface area (Å²) >= 11 is 3.69. The van der Waals surface area contributed by atoms with E-state index >= 15 is 0 Å². The van der Waals surface area contributed by atoms with E-state index in [1.165, 1.54) is 18.5 Å². The van der Waals surface area contributed by atoms with E-state index in [0.717, 1.165) is 41.3 Å². The van der Waals surface area contributed by atoms with E-state index in [4.69, 9.17) is 0 Å². The molecule has 2 N–H and O–H groups in total. The molecule has 3 rings (SSSR count). The van der Waals surface area contributed by atoms with Gasteiger partial charge in [0.2, 0.25) is 5.91 Å². The van der Waals surface area contributed by atoms with Crippen LogP contribution in [0.5, 0.6) is 0 Å². The molecule has 1 aromatic rings. The zero-order valence-corrected chi connectivity index (χ0v) is 14.2. The van der Waals surface area contributed by atoms with Crippen LogP contribution in [0.1, 0.15) is 38.3 Å². The third kappa shape index (κ3) is 2.94. The van der Waals surface area contributed by atoms with Gasteiger partial charge in [0.05, 0.1) is 5.69 Å². The zero-order valence-electron chi connectivity index (χ0n) is 12.6. The summed E-state index contributed by atoms with van der Waals surface area (Å²) in [5.74, 6) is 0.885. The Morgan fingerprint density at radius 2 is 2.14 bits per heavy atom. The van der Waals surface area contributed by atoms with E-state index < -0.39 is 0 Å². The van der Waals surface area contributed by atoms with Gasteiger partial charge in [-0.05, 0) is 60.3 Å². The number of fused-ring (bicyclic) bond motifs is 1. The molecule has 1 heterocycles. The first kappa shape index (κ1) is 14.9. The van der Waals surface area contributed by atoms with Crippen molar-refractivity contribution in [2.45, 2.75) is 32.7 Å². The number of likely N-dealkylation sites (N-methyl/N-ethyl adjacent to an activating group) is 1. The first-order valence-electron chi connectivity index (χ1n) is 7.76. The lowest BCUT2D eigenvalue weighted by Gasteiger charge is -2.25. The van der Waals surface area contributed by atoms with Crippen LogP contribution in [0.15, 0.2) is 16.6 Å². The third-order valence-electron chi connectivity index (χ3n) is 4.26. The summed E-state index contributed by atoms with van der Waals surface area (Å²) in [6, 6.07) is 3.97. The van der Waals surface area contributed by atoms with Crippen LogP contribution in [0.2, 0.25) is 0 Å². The summed E-state index contributed by atoms with van der Waals surface area (Å²) in [6.07, 6.45) is 2.69. The molecule has 21 heavy (non-hydrogen) atoms. The smallest absolute Gasteiger partial charge is 0.246 e. The van der Waals surface area contributed by atoms with Gasteiger partial charge in [-0.25, -0.2) is 0 Å². The average Bonchev–Trinajstić information content (AvgIpc) is 3.23. The summed E-state index contributed by atoms with van der Waals surface area (Å²) in [7, 11) is 0. The molecule has 1 amide bonds. The number of nitrogens with one attached hydrogen (secondary N) is 2. The van der Waals surface area contributed by atoms with Gasteiger partial charge in [-0.3, -0.25) is 4.79 Å². The Bertz CT molecular complexity index is 557. The van der Waals surface area contributed by atoms with Gasteiger partial charge >= 0.3 is 0 Å². The van der Waals surface area contributed by atoms with Crippen molar-refractivity contribution < 1.29 is 4.79 Å². The number of amides is 1. The van der Waals surface area contributed by atoms with Crippen LogP contribution in [0.4, 0.5) is 11.4 Å². The highest BCUT2D eigenvalue weighted by Gasteiger charge is 2.32. The van der Waals surface area contributed by atoms with Crippen LogP contribution >= 0.6 is 15.9 Å². The van der Waals surface area contributed by atoms with Crippen molar-refractivity contribution >= 4 is 33.2 Å². The van der Waals surface area contributed by atoms with Crippen LogP contribution < -0.4 is 15.5 Å². The van der Waals surface area contributed by atoms with Gasteiger partial charge < -0.3 is 15.5 Å². The normalized spacial score (nSPS) is 20.3. The van der Waals surface area contributed by atoms with Crippen LogP contribution in [0.25, 0.3) is 0 Å². The highest BCUT2D eigenvalue weighted by Crippen LogP contribution is 2.40. The molecule has 1 unspecified atom stereocenters. The summed E-state index contributed by atoms with van der Waals surface area (Å²) < 4.78 is 1.07. The quantitative estimate of drug-likeness (QED) is 0.826. The van der Waals surface area contributed by atoms with Crippen molar-refractivity contribution in [1.29, 1.82) is 0 Å². The number of hydrogen-bond acceptors (Lipinski definition) is 3. The Labute approximate surface area is 134 Å². The second kappa shape index (κ2) is 5.97. The number of benzene rings is 1. The largest absolute Gasteiger partial charge is 0.371 e. The van der Waals surface area contributed by atoms with Crippen molar-refractivity contribution in [3.63, 3.8) is 0 Å². The molecule has 1 atom stereocenters. The number of hydrogen-bond donors (Lipinski definition) is 2. The molecule has 1 fully saturated rings. The molecular weight excluding hydrogens is 330 g/mol. The molecule has 5 heteroatoms. The first-order chi connectivity index (χ1) is 10.1. The lowest BCUT2D eigenvalue weighted by atomic mass is 10.1. The SMILES string of the molecule is CCNC1C(=O)Nc2cc(N(CC)CC3CC3)c(Br)cc21. The van der Waals surface area contributed by atoms with Crippen molar-refractivity contribution in [3.8, 4) is 0 Å². The Morgan fingerprint density at radius 1 is 1.38 bits per heavy atom. The second-order valence-corrected chi connectivity index (χ2v) is 6.71. The Morgan fingerprint density at radius 3 is 2.76 bits per heavy atom. The van der Waals surface area contributed by atoms with Gasteiger partial charge in [-0.2, -0.15) is 0 Å². The summed E-state index contributed by atoms with van der Waals surface area (Å²) in [4.78, 5) is 14.5. The lowest BCUT2D eigenvalue weighted by molar-refractivity contribution is -0.117. The molecule has 4 nitrogen and oxygen atoms in total. The molecular formula is C16H22BrN3O. The van der Waals surface area contributed by atoms with Crippen LogP contribution in [0, 0.1) is 5.92 Å². The number of halogens is 1. The minimum atomic E-state index is -0.228. The number of carbonyl (C=O) groups is 1. The molecule has 114 valence electrons. The van der Waals surface area contributed by atoms with Gasteiger partial charge in [0.25, 0.3) is 0 Å². The van der Waals surface area contributed by atoms with Gasteiger partial charge in [-0.15, -0.1) is 0 Å². The molecule has 1 saturated carbocycles. The second-order valence-electron chi connectivity index (χ2n) is 5.85. The fourth-order valence-electron chi connectivity index (χ4n) is 2.93. The summed E-state index contributed by atoms with van der Waals surface area (Å²) in [6.45, 7) is 7.07. The van der Waals surface area contributed by atoms with Gasteiger partial charge in [-0.1, -0.05) is 6.92 Å². The fourth-order valence-corrected chi connectivity index (χ4v) is 3.54. The molecule has 1 aromatic carbocycles. The minimum absolute atomic E-state index is 0.0427. The van der Waals surface area contributed by atoms with E-state index in [2.05, 4.69) is 50.5 Å². The van der Waals surface area contributed by atoms with Crippen molar-refractivity contribution in [3.05, 3.63) is 22.2 Å². The zero-order chi connectivity index (χ0) is 15.0. The van der Waals surface area contributed by atoms with Crippen LogP contribution in [0.3, 0.4) is 0 Å². The predicted octanol–water partition coefficient (Wildman–Crippen LogP) is 3.29. The standard InChI is InChI=1S/C16H22BrN3O/c1-3-18-15-11-7-12(17)14(8-13(11)19-16(15)21)20(4-2)9-10-5-6-10/h7-8,10,15,18H,3-6,9H2,1-2H3,(H,19,21). The topological polar surface area (TPSA) is 44.4 Å². The molecule has 2 aliphatic rings. The van der Waals surface area contributed by atoms with Gasteiger partial charge in [0.15, 0.2) is 0 Å². The molecule has 0 radical (unpaired) electrons. The van der Waals surface area contributed by atoms with E-state index in [0.29, 0.717) is 0 Å². The highest BCUT2D eigenvalue weighted by molar-refractivity contribution is 9.10. The van der Waals surface area contributed by atoms with E-state index in [9.17, 15) is 4.79 Å². The van der Waals surface area contributed by atoms with Gasteiger partial charge in [0, 0.05) is 28.8 Å². The lowest BCUT2D eigenvalue weighted by Crippen LogP contribution is -2.27. The molecule has 0 aromatic heterocycles. The maximum absolute atomic E-state index is 12.1. The molecule has 0 saturated heterocycles. The maximum Gasteiger partial charge on any atom is 0.246 e. The highest BCUT2D eigenvalue weighted by atomic mass is 79.9. The van der Waals surface area contributed by atoms with Crippen LogP contribution in [-0.2, 0) is 4.79 Å². The summed E-state index contributed by atoms with van der Waals surface area (Å²) in [5.41, 5.74) is 3.17. The third-order valence-corrected chi connectivity index (χ3v) is 4.89. The summed E-state index contributed by atoms with van der Waals surface area (Å²) in [5, 5.41) is 6.23. The minimum Gasteiger partial charge on any atom is -0.371 e. The maximum atomic E-state index is 12.1. The Hall–Kier alpha value is -1.07. The molecule has 0 spiro atoms. The van der Waals surface area contributed by atoms with E-state index in [-0.39, 0.29) is 11.9 Å². The Balaban J connectivity index is 1.90.